The fourth-order valence-electron chi connectivity index (χ4n) is 2.32. The van der Waals surface area contributed by atoms with Gasteiger partial charge in [0.05, 0.1) is 16.7 Å². The summed E-state index contributed by atoms with van der Waals surface area (Å²) in [4.78, 5) is 4.69. The van der Waals surface area contributed by atoms with Crippen molar-refractivity contribution < 1.29 is 0 Å². The van der Waals surface area contributed by atoms with Crippen LogP contribution in [-0.4, -0.2) is 9.55 Å². The van der Waals surface area contributed by atoms with Crippen molar-refractivity contribution in [1.82, 2.24) is 9.55 Å². The van der Waals surface area contributed by atoms with Crippen molar-refractivity contribution in [3.05, 3.63) is 48.0 Å². The Balaban J connectivity index is 2.22. The maximum Gasteiger partial charge on any atom is 0.140 e. The van der Waals surface area contributed by atoms with Crippen molar-refractivity contribution in [3.63, 3.8) is 0 Å². The monoisotopic (exact) mass is 252 g/mol. The molecule has 3 N–H and O–H groups in total. The van der Waals surface area contributed by atoms with E-state index in [1.54, 1.807) is 0 Å². The molecule has 0 atom stereocenters. The second-order valence-electron chi connectivity index (χ2n) is 4.71. The predicted molar refractivity (Wildman–Crippen MR) is 78.7 cm³/mol. The molecule has 0 unspecified atom stereocenters. The van der Waals surface area contributed by atoms with Gasteiger partial charge in [-0.25, -0.2) is 4.98 Å². The molecule has 0 aliphatic carbocycles. The van der Waals surface area contributed by atoms with Crippen LogP contribution in [0.1, 0.15) is 5.56 Å². The fraction of sp³-hybridized carbons (Fsp3) is 0.133. The minimum absolute atomic E-state index is 0.881. The maximum atomic E-state index is 5.45. The zero-order valence-electron chi connectivity index (χ0n) is 11.0. The summed E-state index contributed by atoms with van der Waals surface area (Å²) >= 11 is 0. The number of imidazole rings is 1. The summed E-state index contributed by atoms with van der Waals surface area (Å²) in [5.41, 5.74) is 7.93. The van der Waals surface area contributed by atoms with E-state index < -0.39 is 0 Å². The van der Waals surface area contributed by atoms with Gasteiger partial charge in [-0.15, -0.1) is 0 Å². The highest BCUT2D eigenvalue weighted by atomic mass is 15.2. The molecule has 0 aliphatic heterocycles. The summed E-state index contributed by atoms with van der Waals surface area (Å²) in [6, 6.07) is 14.3. The van der Waals surface area contributed by atoms with E-state index in [0.29, 0.717) is 0 Å². The third-order valence-electron chi connectivity index (χ3n) is 3.32. The van der Waals surface area contributed by atoms with E-state index in [4.69, 9.17) is 10.8 Å². The number of hydrogen-bond donors (Lipinski definition) is 2. The Morgan fingerprint density at radius 3 is 2.74 bits per heavy atom. The first-order chi connectivity index (χ1) is 9.19. The zero-order valence-corrected chi connectivity index (χ0v) is 11.0. The third kappa shape index (κ3) is 1.96. The molecule has 4 nitrogen and oxygen atoms in total. The molecule has 2 aromatic carbocycles. The van der Waals surface area contributed by atoms with Gasteiger partial charge in [0.1, 0.15) is 5.82 Å². The number of aryl methyl sites for hydroxylation is 2. The smallest absolute Gasteiger partial charge is 0.140 e. The quantitative estimate of drug-likeness (QED) is 0.544. The highest BCUT2D eigenvalue weighted by molar-refractivity contribution is 5.83. The average molecular weight is 252 g/mol. The minimum Gasteiger partial charge on any atom is -0.327 e. The lowest BCUT2D eigenvalue weighted by molar-refractivity contribution is 0.959. The van der Waals surface area contributed by atoms with E-state index >= 15 is 0 Å². The van der Waals surface area contributed by atoms with Gasteiger partial charge >= 0.3 is 0 Å². The first-order valence-electron chi connectivity index (χ1n) is 6.19. The van der Waals surface area contributed by atoms with E-state index in [0.717, 1.165) is 28.1 Å². The standard InChI is InChI=1S/C15H16N4/c1-10-4-3-5-11(8-10)15-17-13-7-6-12(18-16)9-14(13)19(15)2/h3-9,18H,16H2,1-2H3. The van der Waals surface area contributed by atoms with Crippen molar-refractivity contribution in [2.75, 3.05) is 5.43 Å². The number of benzene rings is 2. The molecule has 0 amide bonds. The SMILES string of the molecule is Cc1cccc(-c2nc3ccc(NN)cc3n2C)c1. The van der Waals surface area contributed by atoms with Gasteiger partial charge in [-0.05, 0) is 31.2 Å². The molecule has 1 heterocycles. The molecule has 4 heteroatoms. The van der Waals surface area contributed by atoms with Crippen LogP contribution in [0.4, 0.5) is 5.69 Å². The molecule has 0 spiro atoms. The van der Waals surface area contributed by atoms with Crippen LogP contribution in [0.5, 0.6) is 0 Å². The Hall–Kier alpha value is -2.33. The van der Waals surface area contributed by atoms with Crippen molar-refractivity contribution in [2.45, 2.75) is 6.92 Å². The van der Waals surface area contributed by atoms with Crippen molar-refractivity contribution in [2.24, 2.45) is 12.9 Å². The molecular formula is C15H16N4. The summed E-state index contributed by atoms with van der Waals surface area (Å²) < 4.78 is 2.09. The second-order valence-corrected chi connectivity index (χ2v) is 4.71. The molecular weight excluding hydrogens is 236 g/mol. The molecule has 0 saturated heterocycles. The summed E-state index contributed by atoms with van der Waals surface area (Å²) in [7, 11) is 2.02. The van der Waals surface area contributed by atoms with E-state index in [1.165, 1.54) is 5.56 Å². The Bertz CT molecular complexity index is 743. The normalized spacial score (nSPS) is 10.9. The van der Waals surface area contributed by atoms with Crippen LogP contribution in [0, 0.1) is 6.92 Å². The Morgan fingerprint density at radius 1 is 1.16 bits per heavy atom. The fourth-order valence-corrected chi connectivity index (χ4v) is 2.32. The van der Waals surface area contributed by atoms with E-state index in [1.807, 2.05) is 25.2 Å². The number of hydrazine groups is 1. The minimum atomic E-state index is 0.881. The lowest BCUT2D eigenvalue weighted by atomic mass is 10.1. The number of fused-ring (bicyclic) bond motifs is 1. The average Bonchev–Trinajstić information content (AvgIpc) is 2.76. The predicted octanol–water partition coefficient (Wildman–Crippen LogP) is 2.83. The largest absolute Gasteiger partial charge is 0.327 e. The van der Waals surface area contributed by atoms with Gasteiger partial charge in [0.15, 0.2) is 0 Å². The highest BCUT2D eigenvalue weighted by Crippen LogP contribution is 2.25. The summed E-state index contributed by atoms with van der Waals surface area (Å²) in [6.45, 7) is 2.09. The van der Waals surface area contributed by atoms with Crippen LogP contribution in [-0.2, 0) is 7.05 Å². The van der Waals surface area contributed by atoms with Gasteiger partial charge < -0.3 is 9.99 Å². The molecule has 0 fully saturated rings. The third-order valence-corrected chi connectivity index (χ3v) is 3.32. The van der Waals surface area contributed by atoms with E-state index in [9.17, 15) is 0 Å². The number of nitrogens with one attached hydrogen (secondary N) is 1. The number of rotatable bonds is 2. The van der Waals surface area contributed by atoms with Gasteiger partial charge in [-0.3, -0.25) is 5.84 Å². The number of aromatic nitrogens is 2. The molecule has 3 rings (SSSR count). The second kappa shape index (κ2) is 4.40. The number of nitrogens with two attached hydrogens (primary N) is 1. The summed E-state index contributed by atoms with van der Waals surface area (Å²) in [5, 5.41) is 0. The van der Waals surface area contributed by atoms with Crippen LogP contribution in [0.2, 0.25) is 0 Å². The summed E-state index contributed by atoms with van der Waals surface area (Å²) in [5.74, 6) is 6.41. The van der Waals surface area contributed by atoms with Gasteiger partial charge in [0.2, 0.25) is 0 Å². The van der Waals surface area contributed by atoms with Crippen LogP contribution in [0.3, 0.4) is 0 Å². The van der Waals surface area contributed by atoms with Crippen molar-refractivity contribution >= 4 is 16.7 Å². The lowest BCUT2D eigenvalue weighted by Gasteiger charge is -2.04. The molecule has 0 saturated carbocycles. The van der Waals surface area contributed by atoms with Gasteiger partial charge in [0, 0.05) is 12.6 Å². The molecule has 1 aromatic heterocycles. The summed E-state index contributed by atoms with van der Waals surface area (Å²) in [6.07, 6.45) is 0. The molecule has 0 aliphatic rings. The van der Waals surface area contributed by atoms with E-state index in [2.05, 4.69) is 41.2 Å². The molecule has 3 aromatic rings. The molecule has 0 bridgehead atoms. The van der Waals surface area contributed by atoms with E-state index in [-0.39, 0.29) is 0 Å². The topological polar surface area (TPSA) is 55.9 Å². The number of nitrogen functional groups attached to an aromatic ring is 1. The van der Waals surface area contributed by atoms with Gasteiger partial charge in [-0.1, -0.05) is 23.8 Å². The Labute approximate surface area is 111 Å². The molecule has 96 valence electrons. The van der Waals surface area contributed by atoms with Crippen molar-refractivity contribution in [1.29, 1.82) is 0 Å². The van der Waals surface area contributed by atoms with Crippen LogP contribution < -0.4 is 11.3 Å². The number of anilines is 1. The number of nitrogens with zero attached hydrogens (tertiary/aromatic N) is 2. The first-order valence-corrected chi connectivity index (χ1v) is 6.19. The lowest BCUT2D eigenvalue weighted by Crippen LogP contribution is -2.06. The molecule has 19 heavy (non-hydrogen) atoms. The van der Waals surface area contributed by atoms with Gasteiger partial charge in [0.25, 0.3) is 0 Å². The van der Waals surface area contributed by atoms with Gasteiger partial charge in [-0.2, -0.15) is 0 Å². The zero-order chi connectivity index (χ0) is 13.4. The van der Waals surface area contributed by atoms with Crippen molar-refractivity contribution in [3.8, 4) is 11.4 Å². The Morgan fingerprint density at radius 2 is 2.00 bits per heavy atom. The van der Waals surface area contributed by atoms with Crippen LogP contribution in [0.25, 0.3) is 22.4 Å². The Kier molecular flexibility index (Phi) is 2.72. The number of hydrogen-bond acceptors (Lipinski definition) is 3. The first kappa shape index (κ1) is 11.7. The van der Waals surface area contributed by atoms with Crippen LogP contribution in [0.15, 0.2) is 42.5 Å². The highest BCUT2D eigenvalue weighted by Gasteiger charge is 2.10. The molecule has 0 radical (unpaired) electrons. The van der Waals surface area contributed by atoms with Crippen LogP contribution >= 0.6 is 0 Å². The maximum absolute atomic E-state index is 5.45.